The first kappa shape index (κ1) is 85.6. The van der Waals surface area contributed by atoms with E-state index in [4.69, 9.17) is 0 Å². The number of allylic oxidation sites excluding steroid dienone is 2. The Morgan fingerprint density at radius 2 is 0.591 bits per heavy atom. The molecule has 0 N–H and O–H groups in total. The van der Waals surface area contributed by atoms with Crippen LogP contribution in [-0.4, -0.2) is 4.70 Å². The van der Waals surface area contributed by atoms with Gasteiger partial charge in [-0.1, -0.05) is 405 Å². The van der Waals surface area contributed by atoms with E-state index in [1.807, 2.05) is 0 Å². The van der Waals surface area contributed by atoms with E-state index in [0.717, 1.165) is 66.6 Å². The molecule has 0 aliphatic carbocycles. The van der Waals surface area contributed by atoms with E-state index in [2.05, 4.69) is 115 Å². The molecule has 0 bridgehead atoms. The molecular formula is C85H148N2Ni. The van der Waals surface area contributed by atoms with Gasteiger partial charge in [-0.15, -0.1) is 0 Å². The largest absolute Gasteiger partial charge is 2.00 e. The molecule has 1 aliphatic rings. The van der Waals surface area contributed by atoms with Crippen molar-refractivity contribution in [1.29, 1.82) is 0 Å². The van der Waals surface area contributed by atoms with Gasteiger partial charge >= 0.3 is 16.5 Å². The van der Waals surface area contributed by atoms with Crippen LogP contribution in [0.1, 0.15) is 429 Å². The van der Waals surface area contributed by atoms with Crippen molar-refractivity contribution in [3.8, 4) is 11.8 Å². The van der Waals surface area contributed by atoms with E-state index in [-0.39, 0.29) is 16.5 Å². The van der Waals surface area contributed by atoms with E-state index in [9.17, 15) is 5.53 Å². The first-order chi connectivity index (χ1) is 43.0. The number of rotatable bonds is 59. The third kappa shape index (κ3) is 52.1. The van der Waals surface area contributed by atoms with Crippen LogP contribution in [0.5, 0.6) is 0 Å². The second-order valence-electron chi connectivity index (χ2n) is 26.9. The molecule has 0 fully saturated rings. The topological polar surface area (TPSA) is 25.3 Å². The fraction of sp³-hybridized carbons (Fsp3) is 0.765. The summed E-state index contributed by atoms with van der Waals surface area (Å²) in [6.07, 6.45) is 84.4. The van der Waals surface area contributed by atoms with Crippen molar-refractivity contribution in [2.24, 2.45) is 0 Å². The summed E-state index contributed by atoms with van der Waals surface area (Å²) in [4.78, 5) is 0. The quantitative estimate of drug-likeness (QED) is 0.0207. The molecule has 0 amide bonds. The SMILES string of the molecule is CCCCCCCCCCCCCCCCCCCCCCCC#CC1=C(c2cccc(CCCCCCCCCCCCCCCCCCCCCCCCCCCCC)c2)[N+](=[N-])C(c2cccc(CCCCC)c2)=C1.[CH2-]CCCC.[CH2-]CCCC.[Ni+2]. The summed E-state index contributed by atoms with van der Waals surface area (Å²) in [7, 11) is 0. The molecule has 0 aromatic heterocycles. The summed E-state index contributed by atoms with van der Waals surface area (Å²) in [6, 6.07) is 17.8. The number of aryl methyl sites for hydroxylation is 2. The predicted octanol–water partition coefficient (Wildman–Crippen LogP) is 29.9. The van der Waals surface area contributed by atoms with Crippen molar-refractivity contribution in [2.75, 3.05) is 0 Å². The molecule has 1 heterocycles. The van der Waals surface area contributed by atoms with Crippen molar-refractivity contribution < 1.29 is 21.2 Å². The Labute approximate surface area is 562 Å². The molecule has 0 saturated carbocycles. The Morgan fingerprint density at radius 1 is 0.330 bits per heavy atom. The first-order valence-electron chi connectivity index (χ1n) is 39.2. The van der Waals surface area contributed by atoms with E-state index >= 15 is 0 Å². The second-order valence-corrected chi connectivity index (χ2v) is 26.9. The van der Waals surface area contributed by atoms with Crippen molar-refractivity contribution >= 4 is 11.4 Å². The Morgan fingerprint density at radius 3 is 0.898 bits per heavy atom. The van der Waals surface area contributed by atoms with E-state index < -0.39 is 0 Å². The van der Waals surface area contributed by atoms with Gasteiger partial charge in [-0.05, 0) is 67.5 Å². The van der Waals surface area contributed by atoms with Gasteiger partial charge in [0.05, 0.1) is 0 Å². The Bertz CT molecular complexity index is 1900. The van der Waals surface area contributed by atoms with Crippen LogP contribution in [0.3, 0.4) is 0 Å². The molecule has 508 valence electrons. The molecule has 3 heteroatoms. The normalized spacial score (nSPS) is 11.9. The molecule has 3 rings (SSSR count). The molecule has 2 aromatic rings. The van der Waals surface area contributed by atoms with Gasteiger partial charge in [0.15, 0.2) is 0 Å². The van der Waals surface area contributed by atoms with Gasteiger partial charge in [-0.2, -0.15) is 12.8 Å². The van der Waals surface area contributed by atoms with Crippen LogP contribution in [0.4, 0.5) is 0 Å². The number of benzene rings is 2. The minimum Gasteiger partial charge on any atom is -0.493 e. The number of unbranched alkanes of at least 4 members (excludes halogenated alkanes) is 53. The smallest absolute Gasteiger partial charge is 0.493 e. The molecule has 88 heavy (non-hydrogen) atoms. The Balaban J connectivity index is 0.00000633. The van der Waals surface area contributed by atoms with Crippen LogP contribution >= 0.6 is 0 Å². The zero-order chi connectivity index (χ0) is 62.8. The molecular weight excluding hydrogens is 1110 g/mol. The van der Waals surface area contributed by atoms with Crippen molar-refractivity contribution in [3.05, 3.63) is 102 Å². The van der Waals surface area contributed by atoms with Gasteiger partial charge in [0.25, 0.3) is 0 Å². The monoisotopic (exact) mass is 1260 g/mol. The second kappa shape index (κ2) is 68.9. The molecule has 0 unspecified atom stereocenters. The Kier molecular flexibility index (Phi) is 67.0. The van der Waals surface area contributed by atoms with Gasteiger partial charge in [0.1, 0.15) is 5.57 Å². The first-order valence-corrected chi connectivity index (χ1v) is 39.2. The van der Waals surface area contributed by atoms with Gasteiger partial charge < -0.3 is 19.4 Å². The van der Waals surface area contributed by atoms with Gasteiger partial charge in [0, 0.05) is 23.6 Å². The molecule has 0 spiro atoms. The van der Waals surface area contributed by atoms with E-state index in [1.165, 1.54) is 363 Å². The maximum Gasteiger partial charge on any atom is 2.00 e. The standard InChI is InChI=1S/C75H126N2.2C5H11.Ni/c1-4-7-10-12-14-16-18-20-22-24-26-28-30-31-32-33-35-36-38-40-42-44-46-48-50-52-55-60-70-62-58-65-72(67-70)75-73(68-74(77(75)76)71-64-57-61-69(66-71)59-54-9-6-3)63-56-53-51-49-47-45-43-41-39-37-34-29-27-25-23-21-19-17-15-13-11-8-5-2;2*1-3-5-4-2;/h57-58,61-62,64-68H,4-55,59-60H2,1-3H3;2*1,3-5H2,2H3;/q;2*-1;+2. The molecule has 0 radical (unpaired) electrons. The fourth-order valence-electron chi connectivity index (χ4n) is 12.5. The van der Waals surface area contributed by atoms with E-state index in [0.29, 0.717) is 0 Å². The zero-order valence-electron chi connectivity index (χ0n) is 59.7. The summed E-state index contributed by atoms with van der Waals surface area (Å²) >= 11 is 0. The average molecular weight is 1260 g/mol. The van der Waals surface area contributed by atoms with Gasteiger partial charge in [-0.25, -0.2) is 4.70 Å². The zero-order valence-corrected chi connectivity index (χ0v) is 60.7. The summed E-state index contributed by atoms with van der Waals surface area (Å²) in [5.41, 5.74) is 19.4. The minimum atomic E-state index is 0. The molecule has 0 atom stereocenters. The van der Waals surface area contributed by atoms with Crippen LogP contribution in [0.15, 0.2) is 60.2 Å². The summed E-state index contributed by atoms with van der Waals surface area (Å²) in [5, 5.41) is 0. The van der Waals surface area contributed by atoms with Crippen LogP contribution in [0, 0.1) is 25.7 Å². The van der Waals surface area contributed by atoms with E-state index in [1.54, 1.807) is 0 Å². The minimum absolute atomic E-state index is 0. The number of hydrogen-bond donors (Lipinski definition) is 0. The molecule has 0 saturated heterocycles. The third-order valence-electron chi connectivity index (χ3n) is 18.4. The van der Waals surface area contributed by atoms with Crippen LogP contribution in [-0.2, 0) is 29.3 Å². The summed E-state index contributed by atoms with van der Waals surface area (Å²) < 4.78 is 1.44. The maximum atomic E-state index is 11.9. The van der Waals surface area contributed by atoms with Crippen molar-refractivity contribution in [3.63, 3.8) is 0 Å². The van der Waals surface area contributed by atoms with Gasteiger partial charge in [-0.3, -0.25) is 0 Å². The Hall–Kier alpha value is -2.43. The van der Waals surface area contributed by atoms with Crippen LogP contribution in [0.25, 0.3) is 16.9 Å². The molecule has 2 nitrogen and oxygen atoms in total. The number of nitrogens with zero attached hydrogens (tertiary/aromatic N) is 2. The fourth-order valence-corrected chi connectivity index (χ4v) is 12.5. The van der Waals surface area contributed by atoms with Crippen molar-refractivity contribution in [1.82, 2.24) is 0 Å². The average Bonchev–Trinajstić information content (AvgIpc) is 3.46. The summed E-state index contributed by atoms with van der Waals surface area (Å²) in [6.45, 7) is 18.6. The van der Waals surface area contributed by atoms with Crippen molar-refractivity contribution in [2.45, 2.75) is 420 Å². The number of hydrogen-bond acceptors (Lipinski definition) is 0. The molecule has 1 aliphatic heterocycles. The van der Waals surface area contributed by atoms with Crippen LogP contribution < -0.4 is 0 Å². The predicted molar refractivity (Wildman–Crippen MR) is 393 cm³/mol. The van der Waals surface area contributed by atoms with Gasteiger partial charge in [0.2, 0.25) is 11.4 Å². The summed E-state index contributed by atoms with van der Waals surface area (Å²) in [5.74, 6) is 7.11. The van der Waals surface area contributed by atoms with Crippen LogP contribution in [0.2, 0.25) is 0 Å². The third-order valence-corrected chi connectivity index (χ3v) is 18.4. The molecule has 2 aromatic carbocycles. The maximum absolute atomic E-state index is 11.9.